The number of carbonyl (C=O) groups is 4. The molecular weight excluding hydrogens is 486 g/mol. The highest BCUT2D eigenvalue weighted by Gasteiger charge is 2.75. The molecule has 4 aliphatic rings. The molecule has 2 aliphatic heterocycles. The lowest BCUT2D eigenvalue weighted by atomic mass is 9.50. The zero-order chi connectivity index (χ0) is 27.6. The summed E-state index contributed by atoms with van der Waals surface area (Å²) in [5.74, 6) is -3.78. The van der Waals surface area contributed by atoms with Crippen molar-refractivity contribution >= 4 is 23.4 Å². The molecule has 1 aromatic carbocycles. The lowest BCUT2D eigenvalue weighted by molar-refractivity contribution is -0.178. The standard InChI is InChI=1S/C30H37NO7/c1-15-10-9-13-20-23(33)17(3)16(2)22-21(14-19-11-7-6-8-12-19)31-28(35)30(20,22)27(37-18(4)32)24-26(38-24)29(5,36)25(15)34/h6-9,11-13,15-17,20-22,24,26-27,36H,10,14H2,1-5H3,(H,31,35)/b13-9-/t15-,16+,17+,20+,21-,22+,24+,26+,27+,29-,30+/m0/s1. The minimum atomic E-state index is -1.83. The number of Topliss-reactive ketones (excluding diaryl/α,β-unsaturated/α-hetero) is 2. The molecule has 11 atom stereocenters. The van der Waals surface area contributed by atoms with E-state index in [9.17, 15) is 24.3 Å². The van der Waals surface area contributed by atoms with E-state index in [0.717, 1.165) is 5.56 Å². The van der Waals surface area contributed by atoms with Crippen LogP contribution in [0.15, 0.2) is 42.5 Å². The number of esters is 1. The lowest BCUT2D eigenvalue weighted by Gasteiger charge is -2.51. The molecular formula is C30H37NO7. The van der Waals surface area contributed by atoms with Gasteiger partial charge >= 0.3 is 5.97 Å². The van der Waals surface area contributed by atoms with E-state index in [1.165, 1.54) is 13.8 Å². The molecule has 204 valence electrons. The zero-order valence-electron chi connectivity index (χ0n) is 22.5. The summed E-state index contributed by atoms with van der Waals surface area (Å²) >= 11 is 0. The van der Waals surface area contributed by atoms with Gasteiger partial charge in [-0.15, -0.1) is 0 Å². The van der Waals surface area contributed by atoms with Crippen molar-refractivity contribution in [1.29, 1.82) is 0 Å². The van der Waals surface area contributed by atoms with Crippen molar-refractivity contribution in [3.05, 3.63) is 48.0 Å². The third-order valence-corrected chi connectivity index (χ3v) is 9.52. The molecule has 2 saturated heterocycles. The summed E-state index contributed by atoms with van der Waals surface area (Å²) in [4.78, 5) is 53.9. The Hall–Kier alpha value is -2.84. The van der Waals surface area contributed by atoms with Crippen molar-refractivity contribution in [3.63, 3.8) is 0 Å². The fourth-order valence-electron chi connectivity index (χ4n) is 7.49. The number of hydrogen-bond acceptors (Lipinski definition) is 7. The van der Waals surface area contributed by atoms with Gasteiger partial charge in [0.25, 0.3) is 0 Å². The Morgan fingerprint density at radius 1 is 1.16 bits per heavy atom. The molecule has 0 aromatic heterocycles. The first-order valence-corrected chi connectivity index (χ1v) is 13.6. The van der Waals surface area contributed by atoms with Gasteiger partial charge in [0.1, 0.15) is 35.1 Å². The predicted molar refractivity (Wildman–Crippen MR) is 138 cm³/mol. The summed E-state index contributed by atoms with van der Waals surface area (Å²) in [6.07, 6.45) is 1.34. The highest BCUT2D eigenvalue weighted by molar-refractivity contribution is 5.98. The van der Waals surface area contributed by atoms with Crippen molar-refractivity contribution in [3.8, 4) is 0 Å². The van der Waals surface area contributed by atoms with Gasteiger partial charge < -0.3 is 19.9 Å². The topological polar surface area (TPSA) is 122 Å². The van der Waals surface area contributed by atoms with Gasteiger partial charge in [0.15, 0.2) is 5.78 Å². The van der Waals surface area contributed by atoms with E-state index in [2.05, 4.69) is 5.32 Å². The van der Waals surface area contributed by atoms with E-state index in [0.29, 0.717) is 12.8 Å². The average molecular weight is 524 g/mol. The number of ketones is 2. The van der Waals surface area contributed by atoms with Crippen LogP contribution in [0.2, 0.25) is 0 Å². The molecule has 5 rings (SSSR count). The fraction of sp³-hybridized carbons (Fsp3) is 0.600. The SMILES string of the molecule is CC(=O)O[C@@H]1[C@@H]2O[C@H]2[C@@](C)(O)C(=O)[C@@H](C)C/C=C\[C@@H]2C(=O)[C@H](C)[C@@H](C)[C@@H]3[C@H](Cc4ccccc4)NC(=O)[C@@]321. The number of ether oxygens (including phenoxy) is 2. The molecule has 0 bridgehead atoms. The second kappa shape index (κ2) is 9.42. The minimum Gasteiger partial charge on any atom is -0.458 e. The van der Waals surface area contributed by atoms with E-state index in [1.54, 1.807) is 19.1 Å². The second-order valence-electron chi connectivity index (χ2n) is 11.9. The van der Waals surface area contributed by atoms with Crippen molar-refractivity contribution < 1.29 is 33.8 Å². The summed E-state index contributed by atoms with van der Waals surface area (Å²) in [6.45, 7) is 8.28. The first-order valence-electron chi connectivity index (χ1n) is 13.6. The molecule has 2 heterocycles. The Bertz CT molecular complexity index is 1180. The van der Waals surface area contributed by atoms with Crippen LogP contribution in [-0.4, -0.2) is 58.5 Å². The normalized spacial score (nSPS) is 45.1. The van der Waals surface area contributed by atoms with E-state index in [4.69, 9.17) is 9.47 Å². The van der Waals surface area contributed by atoms with Crippen molar-refractivity contribution in [1.82, 2.24) is 5.32 Å². The summed E-state index contributed by atoms with van der Waals surface area (Å²) in [5.41, 5.74) is -2.24. The Labute approximate surface area is 223 Å². The van der Waals surface area contributed by atoms with Gasteiger partial charge in [0.2, 0.25) is 5.91 Å². The van der Waals surface area contributed by atoms with Crippen LogP contribution in [0, 0.1) is 35.0 Å². The van der Waals surface area contributed by atoms with Gasteiger partial charge in [-0.1, -0.05) is 63.3 Å². The maximum atomic E-state index is 14.3. The molecule has 3 fully saturated rings. The molecule has 1 amide bonds. The van der Waals surface area contributed by atoms with Crippen LogP contribution in [0.4, 0.5) is 0 Å². The monoisotopic (exact) mass is 523 g/mol. The third-order valence-electron chi connectivity index (χ3n) is 9.52. The van der Waals surface area contributed by atoms with Gasteiger partial charge in [0, 0.05) is 30.7 Å². The molecule has 8 nitrogen and oxygen atoms in total. The van der Waals surface area contributed by atoms with Gasteiger partial charge in [0.05, 0.1) is 5.92 Å². The molecule has 8 heteroatoms. The van der Waals surface area contributed by atoms with E-state index >= 15 is 0 Å². The molecule has 2 N–H and O–H groups in total. The number of carbonyl (C=O) groups excluding carboxylic acids is 4. The van der Waals surface area contributed by atoms with Crippen LogP contribution in [0.25, 0.3) is 0 Å². The number of rotatable bonds is 3. The van der Waals surface area contributed by atoms with Crippen LogP contribution in [-0.2, 0) is 35.1 Å². The summed E-state index contributed by atoms with van der Waals surface area (Å²) in [6, 6.07) is 9.52. The highest BCUT2D eigenvalue weighted by Crippen LogP contribution is 2.60. The Balaban J connectivity index is 1.70. The number of aliphatic hydroxyl groups is 1. The van der Waals surface area contributed by atoms with Crippen LogP contribution >= 0.6 is 0 Å². The number of fused-ring (bicyclic) bond motifs is 1. The van der Waals surface area contributed by atoms with Crippen molar-refractivity contribution in [2.45, 2.75) is 77.4 Å². The molecule has 38 heavy (non-hydrogen) atoms. The smallest absolute Gasteiger partial charge is 0.303 e. The fourth-order valence-corrected chi connectivity index (χ4v) is 7.49. The van der Waals surface area contributed by atoms with E-state index in [1.807, 2.05) is 44.2 Å². The van der Waals surface area contributed by atoms with Crippen LogP contribution in [0.5, 0.6) is 0 Å². The number of allylic oxidation sites excluding steroid dienone is 2. The number of amides is 1. The van der Waals surface area contributed by atoms with Crippen LogP contribution in [0.3, 0.4) is 0 Å². The summed E-state index contributed by atoms with van der Waals surface area (Å²) in [5, 5.41) is 14.5. The molecule has 1 saturated carbocycles. The second-order valence-corrected chi connectivity index (χ2v) is 11.9. The molecule has 1 aromatic rings. The number of hydrogen-bond donors (Lipinski definition) is 2. The number of epoxide rings is 1. The minimum absolute atomic E-state index is 0.0974. The summed E-state index contributed by atoms with van der Waals surface area (Å²) < 4.78 is 11.8. The predicted octanol–water partition coefficient (Wildman–Crippen LogP) is 2.42. The molecule has 2 aliphatic carbocycles. The van der Waals surface area contributed by atoms with Crippen molar-refractivity contribution in [2.24, 2.45) is 35.0 Å². The molecule has 1 spiro atoms. The Morgan fingerprint density at radius 3 is 2.50 bits per heavy atom. The van der Waals surface area contributed by atoms with Crippen LogP contribution < -0.4 is 5.32 Å². The quantitative estimate of drug-likeness (QED) is 0.354. The maximum Gasteiger partial charge on any atom is 0.303 e. The Kier molecular flexibility index (Phi) is 6.63. The van der Waals surface area contributed by atoms with Crippen molar-refractivity contribution in [2.75, 3.05) is 0 Å². The molecule has 0 radical (unpaired) electrons. The summed E-state index contributed by atoms with van der Waals surface area (Å²) in [7, 11) is 0. The molecule has 0 unspecified atom stereocenters. The lowest BCUT2D eigenvalue weighted by Crippen LogP contribution is -2.63. The average Bonchev–Trinajstić information content (AvgIpc) is 3.62. The van der Waals surface area contributed by atoms with Gasteiger partial charge in [-0.05, 0) is 31.2 Å². The first-order chi connectivity index (χ1) is 17.9. The number of benzene rings is 1. The Morgan fingerprint density at radius 2 is 1.84 bits per heavy atom. The largest absolute Gasteiger partial charge is 0.458 e. The van der Waals surface area contributed by atoms with Crippen LogP contribution in [0.1, 0.15) is 46.6 Å². The van der Waals surface area contributed by atoms with E-state index < -0.39 is 47.1 Å². The van der Waals surface area contributed by atoms with E-state index in [-0.39, 0.29) is 41.3 Å². The maximum absolute atomic E-state index is 14.3. The number of nitrogens with one attached hydrogen (secondary N) is 1. The van der Waals surface area contributed by atoms with Gasteiger partial charge in [-0.2, -0.15) is 0 Å². The zero-order valence-corrected chi connectivity index (χ0v) is 22.5. The van der Waals surface area contributed by atoms with Gasteiger partial charge in [-0.3, -0.25) is 19.2 Å². The first kappa shape index (κ1) is 26.8. The third kappa shape index (κ3) is 3.95. The van der Waals surface area contributed by atoms with Gasteiger partial charge in [-0.25, -0.2) is 0 Å². The highest BCUT2D eigenvalue weighted by atomic mass is 16.6.